The second kappa shape index (κ2) is 10.5. The third-order valence-corrected chi connectivity index (χ3v) is 12.6. The van der Waals surface area contributed by atoms with Gasteiger partial charge in [0.2, 0.25) is 0 Å². The number of hydrogen-bond acceptors (Lipinski definition) is 0. The number of rotatable bonds is 4. The van der Waals surface area contributed by atoms with Gasteiger partial charge in [0.15, 0.2) is 0 Å². The molecule has 2 atom stereocenters. The van der Waals surface area contributed by atoms with E-state index in [0.717, 1.165) is 0 Å². The van der Waals surface area contributed by atoms with Crippen LogP contribution in [0.2, 0.25) is 19.6 Å². The lowest BCUT2D eigenvalue weighted by atomic mass is 9.78. The first-order valence-electron chi connectivity index (χ1n) is 13.7. The molecule has 1 aliphatic carbocycles. The molecule has 0 aliphatic heterocycles. The molecular weight excluding hydrogens is 489 g/mol. The number of hydrogen-bond donors (Lipinski definition) is 0. The van der Waals surface area contributed by atoms with E-state index in [9.17, 15) is 0 Å². The number of benzene rings is 2. The highest BCUT2D eigenvalue weighted by atomic mass is 32.2. The Labute approximate surface area is 231 Å². The average molecular weight is 543 g/mol. The lowest BCUT2D eigenvalue weighted by molar-refractivity contribution is 0.584. The fraction of sp³-hybridized carbons (Fsp3) is 0.636. The molecule has 3 rings (SSSR count). The van der Waals surface area contributed by atoms with E-state index in [4.69, 9.17) is 0 Å². The van der Waals surface area contributed by atoms with Crippen LogP contribution >= 0.6 is 0 Å². The summed E-state index contributed by atoms with van der Waals surface area (Å²) in [6.07, 6.45) is 12.3. The topological polar surface area (TPSA) is 0 Å². The molecule has 0 radical (unpaired) electrons. The summed E-state index contributed by atoms with van der Waals surface area (Å²) < 4.78 is 0. The van der Waals surface area contributed by atoms with Gasteiger partial charge in [0.05, 0.1) is 25.0 Å². The van der Waals surface area contributed by atoms with Gasteiger partial charge in [-0.05, 0) is 91.1 Å². The van der Waals surface area contributed by atoms with E-state index in [1.807, 2.05) is 0 Å². The highest BCUT2D eigenvalue weighted by Gasteiger charge is 2.38. The average Bonchev–Trinajstić information content (AvgIpc) is 2.68. The van der Waals surface area contributed by atoms with Gasteiger partial charge < -0.3 is 0 Å². The maximum atomic E-state index is 2.66. The fourth-order valence-corrected chi connectivity index (χ4v) is 9.55. The van der Waals surface area contributed by atoms with Gasteiger partial charge in [0, 0.05) is 32.0 Å². The van der Waals surface area contributed by atoms with Crippen molar-refractivity contribution in [3.63, 3.8) is 0 Å². The van der Waals surface area contributed by atoms with E-state index in [2.05, 4.69) is 117 Å². The van der Waals surface area contributed by atoms with Crippen LogP contribution in [0.1, 0.15) is 96.5 Å². The van der Waals surface area contributed by atoms with Gasteiger partial charge in [-0.25, -0.2) is 0 Å². The molecule has 36 heavy (non-hydrogen) atoms. The van der Waals surface area contributed by atoms with Crippen LogP contribution < -0.4 is 0 Å². The van der Waals surface area contributed by atoms with Crippen molar-refractivity contribution in [3.05, 3.63) is 68.8 Å². The van der Waals surface area contributed by atoms with Crippen LogP contribution in [0.15, 0.2) is 24.3 Å². The van der Waals surface area contributed by atoms with Crippen molar-refractivity contribution in [1.82, 2.24) is 0 Å². The van der Waals surface area contributed by atoms with E-state index in [0.29, 0.717) is 32.3 Å². The predicted octanol–water partition coefficient (Wildman–Crippen LogP) is 8.65. The second-order valence-electron chi connectivity index (χ2n) is 14.9. The zero-order valence-electron chi connectivity index (χ0n) is 25.9. The largest absolute Gasteiger partial charge is 0.147 e. The predicted molar refractivity (Wildman–Crippen MR) is 173 cm³/mol. The Bertz CT molecular complexity index is 1030. The molecule has 0 spiro atoms. The van der Waals surface area contributed by atoms with Crippen molar-refractivity contribution < 1.29 is 0 Å². The summed E-state index contributed by atoms with van der Waals surface area (Å²) in [6, 6.07) is 11.7. The molecule has 1 aliphatic rings. The normalized spacial score (nSPS) is 19.2. The Morgan fingerprint density at radius 1 is 0.694 bits per heavy atom. The monoisotopic (exact) mass is 542 g/mol. The summed E-state index contributed by atoms with van der Waals surface area (Å²) in [7, 11) is -0.732. The van der Waals surface area contributed by atoms with Gasteiger partial charge in [-0.1, -0.05) is 73.3 Å². The first-order chi connectivity index (χ1) is 16.3. The van der Waals surface area contributed by atoms with Gasteiger partial charge in [0.25, 0.3) is 0 Å². The summed E-state index contributed by atoms with van der Waals surface area (Å²) in [5.41, 5.74) is 13.2. The highest BCUT2D eigenvalue weighted by molar-refractivity contribution is 7.96. The van der Waals surface area contributed by atoms with Crippen molar-refractivity contribution in [3.8, 4) is 0 Å². The smallest absolute Gasteiger partial charge is 0.0693 e. The van der Waals surface area contributed by atoms with E-state index in [-0.39, 0.29) is 10.8 Å². The maximum Gasteiger partial charge on any atom is 0.147 e. The minimum Gasteiger partial charge on any atom is -0.0693 e. The van der Waals surface area contributed by atoms with Crippen LogP contribution in [-0.2, 0) is 51.5 Å². The van der Waals surface area contributed by atoms with Crippen LogP contribution in [0.4, 0.5) is 0 Å². The van der Waals surface area contributed by atoms with Crippen LogP contribution in [0, 0.1) is 6.92 Å². The minimum atomic E-state index is -1.31. The lowest BCUT2D eigenvalue weighted by Crippen LogP contribution is -2.30. The molecular formula is C33H54S2Si+2. The quantitative estimate of drug-likeness (QED) is 0.268. The minimum absolute atomic E-state index is 0.157. The molecule has 4 bridgehead atoms. The molecule has 3 heteroatoms. The Balaban J connectivity index is 2.46. The maximum absolute atomic E-state index is 2.66. The molecule has 0 amide bonds. The van der Waals surface area contributed by atoms with Crippen LogP contribution in [0.3, 0.4) is 0 Å². The molecule has 0 saturated heterocycles. The van der Waals surface area contributed by atoms with Crippen LogP contribution in [-0.4, -0.2) is 33.1 Å². The summed E-state index contributed by atoms with van der Waals surface area (Å²) >= 11 is 0. The zero-order chi connectivity index (χ0) is 27.4. The van der Waals surface area contributed by atoms with E-state index < -0.39 is 8.07 Å². The molecule has 0 saturated carbocycles. The van der Waals surface area contributed by atoms with Crippen molar-refractivity contribution in [2.75, 3.05) is 25.0 Å². The van der Waals surface area contributed by atoms with Crippen molar-refractivity contribution >= 4 is 29.9 Å². The van der Waals surface area contributed by atoms with Gasteiger partial charge in [-0.15, -0.1) is 0 Å². The Hall–Kier alpha value is -0.643. The Morgan fingerprint density at radius 3 is 1.36 bits per heavy atom. The molecule has 2 unspecified atom stereocenters. The first-order valence-corrected chi connectivity index (χ1v) is 21.6. The van der Waals surface area contributed by atoms with Crippen LogP contribution in [0.5, 0.6) is 0 Å². The summed E-state index contributed by atoms with van der Waals surface area (Å²) in [6.45, 7) is 24.4. The van der Waals surface area contributed by atoms with E-state index in [1.54, 1.807) is 33.4 Å². The van der Waals surface area contributed by atoms with Crippen molar-refractivity contribution in [2.45, 2.75) is 108 Å². The molecule has 0 heterocycles. The molecule has 0 nitrogen and oxygen atoms in total. The summed E-state index contributed by atoms with van der Waals surface area (Å²) in [5, 5.41) is 1.15. The molecule has 200 valence electrons. The Kier molecular flexibility index (Phi) is 8.72. The molecule has 2 aromatic carbocycles. The standard InChI is InChI=1S/C33H54S2Si/c1-22-23-15-25(32(2,3)4)16-24(22)18-31(35(10)11)28-20-26(33(5,6)7)19-27(30(17-23)34(8)9)29(28)21-36(12,13)14/h15-16,19-20,30-31H,17-18,21H2,1-14H3/q+2. The van der Waals surface area contributed by atoms with E-state index in [1.165, 1.54) is 30.0 Å². The van der Waals surface area contributed by atoms with Crippen molar-refractivity contribution in [2.24, 2.45) is 0 Å². The van der Waals surface area contributed by atoms with Gasteiger partial charge >= 0.3 is 0 Å². The van der Waals surface area contributed by atoms with Gasteiger partial charge in [-0.3, -0.25) is 0 Å². The third kappa shape index (κ3) is 6.67. The molecule has 2 aromatic rings. The molecule has 0 N–H and O–H groups in total. The van der Waals surface area contributed by atoms with E-state index >= 15 is 0 Å². The van der Waals surface area contributed by atoms with Gasteiger partial charge in [-0.2, -0.15) is 0 Å². The zero-order valence-corrected chi connectivity index (χ0v) is 28.5. The second-order valence-corrected chi connectivity index (χ2v) is 25.1. The van der Waals surface area contributed by atoms with Crippen molar-refractivity contribution in [1.29, 1.82) is 0 Å². The Morgan fingerprint density at radius 2 is 1.06 bits per heavy atom. The number of fused-ring (bicyclic) bond motifs is 4. The third-order valence-electron chi connectivity index (χ3n) is 8.02. The fourth-order valence-electron chi connectivity index (χ4n) is 5.62. The molecule has 0 aromatic heterocycles. The first kappa shape index (κ1) is 29.9. The highest BCUT2D eigenvalue weighted by Crippen LogP contribution is 2.43. The SMILES string of the molecule is Cc1c2cc(C(C)(C)C)cc1CC([S+](C)C)c1cc(C(C)(C)C)cc(c1C[Si](C)(C)C)C([S+](C)C)C2. The lowest BCUT2D eigenvalue weighted by Gasteiger charge is -2.33. The molecule has 0 fully saturated rings. The summed E-state index contributed by atoms with van der Waals surface area (Å²) in [4.78, 5) is 0. The van der Waals surface area contributed by atoms with Crippen LogP contribution in [0.25, 0.3) is 0 Å². The summed E-state index contributed by atoms with van der Waals surface area (Å²) in [5.74, 6) is 0. The van der Waals surface area contributed by atoms with Gasteiger partial charge in [0.1, 0.15) is 10.5 Å².